The molecule has 0 aliphatic rings. The fourth-order valence-electron chi connectivity index (χ4n) is 2.42. The van der Waals surface area contributed by atoms with Crippen molar-refractivity contribution in [2.45, 2.75) is 53.2 Å². The molecule has 2 atom stereocenters. The van der Waals surface area contributed by atoms with E-state index in [0.717, 1.165) is 19.6 Å². The molecule has 1 rings (SSSR count). The highest BCUT2D eigenvalue weighted by molar-refractivity contribution is 5.33. The topological polar surface area (TPSA) is 21.3 Å². The second-order valence-corrected chi connectivity index (χ2v) is 4.80. The van der Waals surface area contributed by atoms with Crippen LogP contribution in [0.2, 0.25) is 0 Å². The number of benzene rings is 1. The standard InChI is InChI=1S/C16H27NO/c1-6-15(18-8-3)16(17-7-2)14-11-12(4)9-10-13(14)5/h9-11,15-17H,6-8H2,1-5H3. The Morgan fingerprint density at radius 2 is 1.89 bits per heavy atom. The summed E-state index contributed by atoms with van der Waals surface area (Å²) in [5.41, 5.74) is 4.02. The molecule has 102 valence electrons. The van der Waals surface area contributed by atoms with Crippen LogP contribution in [0.5, 0.6) is 0 Å². The minimum Gasteiger partial charge on any atom is -0.377 e. The smallest absolute Gasteiger partial charge is 0.0767 e. The normalized spacial score (nSPS) is 14.5. The minimum absolute atomic E-state index is 0.246. The van der Waals surface area contributed by atoms with E-state index in [2.05, 4.69) is 58.1 Å². The second-order valence-electron chi connectivity index (χ2n) is 4.80. The Kier molecular flexibility index (Phi) is 6.37. The third-order valence-corrected chi connectivity index (χ3v) is 3.35. The van der Waals surface area contributed by atoms with Gasteiger partial charge in [0.05, 0.1) is 12.1 Å². The molecule has 0 aromatic heterocycles. The van der Waals surface area contributed by atoms with Crippen LogP contribution in [0, 0.1) is 13.8 Å². The summed E-state index contributed by atoms with van der Waals surface area (Å²) in [5, 5.41) is 3.58. The van der Waals surface area contributed by atoms with Crippen molar-refractivity contribution in [3.8, 4) is 0 Å². The van der Waals surface area contributed by atoms with Gasteiger partial charge in [-0.15, -0.1) is 0 Å². The zero-order valence-electron chi connectivity index (χ0n) is 12.4. The minimum atomic E-state index is 0.246. The largest absolute Gasteiger partial charge is 0.377 e. The van der Waals surface area contributed by atoms with Crippen molar-refractivity contribution < 1.29 is 4.74 Å². The number of rotatable bonds is 7. The van der Waals surface area contributed by atoms with Gasteiger partial charge in [-0.05, 0) is 44.9 Å². The van der Waals surface area contributed by atoms with E-state index in [0.29, 0.717) is 6.04 Å². The van der Waals surface area contributed by atoms with E-state index >= 15 is 0 Å². The molecule has 0 aliphatic heterocycles. The van der Waals surface area contributed by atoms with Crippen LogP contribution < -0.4 is 5.32 Å². The molecule has 0 saturated heterocycles. The zero-order chi connectivity index (χ0) is 13.5. The monoisotopic (exact) mass is 249 g/mol. The molecule has 18 heavy (non-hydrogen) atoms. The summed E-state index contributed by atoms with van der Waals surface area (Å²) in [6.45, 7) is 12.5. The van der Waals surface area contributed by atoms with Crippen molar-refractivity contribution in [3.63, 3.8) is 0 Å². The first kappa shape index (κ1) is 15.2. The quantitative estimate of drug-likeness (QED) is 0.794. The number of nitrogens with one attached hydrogen (secondary N) is 1. The van der Waals surface area contributed by atoms with Gasteiger partial charge >= 0.3 is 0 Å². The van der Waals surface area contributed by atoms with E-state index in [1.165, 1.54) is 16.7 Å². The van der Waals surface area contributed by atoms with Crippen molar-refractivity contribution in [2.75, 3.05) is 13.2 Å². The van der Waals surface area contributed by atoms with Crippen LogP contribution >= 0.6 is 0 Å². The highest BCUT2D eigenvalue weighted by Crippen LogP contribution is 2.25. The molecule has 0 radical (unpaired) electrons. The van der Waals surface area contributed by atoms with Crippen molar-refractivity contribution in [1.82, 2.24) is 5.32 Å². The van der Waals surface area contributed by atoms with Crippen LogP contribution in [0.25, 0.3) is 0 Å². The Hall–Kier alpha value is -0.860. The van der Waals surface area contributed by atoms with Gasteiger partial charge in [0.2, 0.25) is 0 Å². The summed E-state index contributed by atoms with van der Waals surface area (Å²) in [6.07, 6.45) is 1.27. The van der Waals surface area contributed by atoms with Gasteiger partial charge in [-0.3, -0.25) is 0 Å². The Balaban J connectivity index is 3.05. The van der Waals surface area contributed by atoms with Crippen molar-refractivity contribution in [2.24, 2.45) is 0 Å². The SMILES string of the molecule is CCNC(c1cc(C)ccc1C)C(CC)OCC. The lowest BCUT2D eigenvalue weighted by Crippen LogP contribution is -2.34. The third kappa shape index (κ3) is 3.82. The Bertz CT molecular complexity index is 362. The Morgan fingerprint density at radius 3 is 2.44 bits per heavy atom. The summed E-state index contributed by atoms with van der Waals surface area (Å²) >= 11 is 0. The first-order chi connectivity index (χ1) is 8.63. The van der Waals surface area contributed by atoms with Crippen LogP contribution in [-0.2, 0) is 4.74 Å². The molecule has 1 N–H and O–H groups in total. The zero-order valence-corrected chi connectivity index (χ0v) is 12.4. The van der Waals surface area contributed by atoms with E-state index in [9.17, 15) is 0 Å². The predicted molar refractivity (Wildman–Crippen MR) is 78.0 cm³/mol. The fraction of sp³-hybridized carbons (Fsp3) is 0.625. The van der Waals surface area contributed by atoms with Gasteiger partial charge in [0.1, 0.15) is 0 Å². The van der Waals surface area contributed by atoms with Crippen molar-refractivity contribution >= 4 is 0 Å². The van der Waals surface area contributed by atoms with Gasteiger partial charge in [0.15, 0.2) is 0 Å². The maximum Gasteiger partial charge on any atom is 0.0767 e. The van der Waals surface area contributed by atoms with E-state index in [1.54, 1.807) is 0 Å². The lowest BCUT2D eigenvalue weighted by atomic mass is 9.94. The molecule has 0 aliphatic carbocycles. The molecule has 0 bridgehead atoms. The Morgan fingerprint density at radius 1 is 1.17 bits per heavy atom. The first-order valence-corrected chi connectivity index (χ1v) is 7.06. The Labute approximate surface area is 112 Å². The molecule has 0 fully saturated rings. The highest BCUT2D eigenvalue weighted by atomic mass is 16.5. The molecule has 0 heterocycles. The summed E-state index contributed by atoms with van der Waals surface area (Å²) in [4.78, 5) is 0. The van der Waals surface area contributed by atoms with Gasteiger partial charge in [-0.25, -0.2) is 0 Å². The molecule has 0 spiro atoms. The molecule has 1 aromatic carbocycles. The van der Waals surface area contributed by atoms with Gasteiger partial charge in [-0.1, -0.05) is 37.6 Å². The van der Waals surface area contributed by atoms with Crippen LogP contribution in [0.1, 0.15) is 49.9 Å². The number of aryl methyl sites for hydroxylation is 2. The van der Waals surface area contributed by atoms with Crippen LogP contribution in [0.3, 0.4) is 0 Å². The van der Waals surface area contributed by atoms with Crippen LogP contribution in [-0.4, -0.2) is 19.3 Å². The van der Waals surface area contributed by atoms with Gasteiger partial charge < -0.3 is 10.1 Å². The molecule has 1 aromatic rings. The van der Waals surface area contributed by atoms with E-state index < -0.39 is 0 Å². The number of likely N-dealkylation sites (N-methyl/N-ethyl adjacent to an activating group) is 1. The molecular formula is C16H27NO. The molecule has 0 saturated carbocycles. The maximum atomic E-state index is 5.89. The van der Waals surface area contributed by atoms with E-state index in [4.69, 9.17) is 4.74 Å². The predicted octanol–water partition coefficient (Wildman–Crippen LogP) is 3.77. The third-order valence-electron chi connectivity index (χ3n) is 3.35. The van der Waals surface area contributed by atoms with E-state index in [1.807, 2.05) is 0 Å². The summed E-state index contributed by atoms with van der Waals surface area (Å²) < 4.78 is 5.89. The maximum absolute atomic E-state index is 5.89. The summed E-state index contributed by atoms with van der Waals surface area (Å²) in [5.74, 6) is 0. The van der Waals surface area contributed by atoms with Gasteiger partial charge in [-0.2, -0.15) is 0 Å². The second kappa shape index (κ2) is 7.55. The lowest BCUT2D eigenvalue weighted by Gasteiger charge is -2.28. The van der Waals surface area contributed by atoms with Crippen LogP contribution in [0.4, 0.5) is 0 Å². The molecule has 2 heteroatoms. The van der Waals surface area contributed by atoms with Crippen LogP contribution in [0.15, 0.2) is 18.2 Å². The average Bonchev–Trinajstić information content (AvgIpc) is 2.37. The number of ether oxygens (including phenoxy) is 1. The number of hydrogen-bond acceptors (Lipinski definition) is 2. The molecule has 2 unspecified atom stereocenters. The van der Waals surface area contributed by atoms with Crippen molar-refractivity contribution in [3.05, 3.63) is 34.9 Å². The fourth-order valence-corrected chi connectivity index (χ4v) is 2.42. The van der Waals surface area contributed by atoms with Crippen molar-refractivity contribution in [1.29, 1.82) is 0 Å². The summed E-state index contributed by atoms with van der Waals surface area (Å²) in [6, 6.07) is 6.95. The van der Waals surface area contributed by atoms with E-state index in [-0.39, 0.29) is 6.10 Å². The van der Waals surface area contributed by atoms with Gasteiger partial charge in [0, 0.05) is 6.61 Å². The first-order valence-electron chi connectivity index (χ1n) is 7.06. The van der Waals surface area contributed by atoms with Gasteiger partial charge in [0.25, 0.3) is 0 Å². The summed E-state index contributed by atoms with van der Waals surface area (Å²) in [7, 11) is 0. The number of hydrogen-bond donors (Lipinski definition) is 1. The molecule has 0 amide bonds. The lowest BCUT2D eigenvalue weighted by molar-refractivity contribution is 0.0316. The molecule has 2 nitrogen and oxygen atoms in total. The molecular weight excluding hydrogens is 222 g/mol. The average molecular weight is 249 g/mol. The highest BCUT2D eigenvalue weighted by Gasteiger charge is 2.22.